The van der Waals surface area contributed by atoms with Crippen LogP contribution in [0.1, 0.15) is 58.4 Å². The number of sulfonamides is 1. The van der Waals surface area contributed by atoms with Crippen LogP contribution in [0.15, 0.2) is 65.6 Å². The van der Waals surface area contributed by atoms with E-state index < -0.39 is 10.0 Å². The van der Waals surface area contributed by atoms with E-state index >= 15 is 0 Å². The van der Waals surface area contributed by atoms with E-state index in [1.165, 1.54) is 4.31 Å². The first-order valence-corrected chi connectivity index (χ1v) is 14.0. The maximum absolute atomic E-state index is 13.4. The molecule has 1 atom stereocenters. The zero-order valence-corrected chi connectivity index (χ0v) is 21.4. The van der Waals surface area contributed by atoms with Crippen LogP contribution in [0.4, 0.5) is 0 Å². The molecule has 0 spiro atoms. The number of Topliss-reactive ketones (excluding diaryl/α,β-unsaturated/α-hetero) is 1. The molecule has 3 rings (SSSR count). The maximum Gasteiger partial charge on any atom is 0.218 e. The number of benzene rings is 1. The Morgan fingerprint density at radius 1 is 1.12 bits per heavy atom. The van der Waals surface area contributed by atoms with Gasteiger partial charge in [0.2, 0.25) is 15.8 Å². The number of carbonyl (C=O) groups is 1. The molecule has 1 unspecified atom stereocenters. The maximum atomic E-state index is 13.4. The van der Waals surface area contributed by atoms with Crippen LogP contribution in [-0.2, 0) is 25.3 Å². The Hall–Kier alpha value is -2.38. The lowest BCUT2D eigenvalue weighted by Gasteiger charge is -2.25. The molecule has 2 aliphatic rings. The minimum absolute atomic E-state index is 0.000883. The van der Waals surface area contributed by atoms with Crippen molar-refractivity contribution in [3.8, 4) is 0 Å². The Kier molecular flexibility index (Phi) is 9.54. The summed E-state index contributed by atoms with van der Waals surface area (Å²) in [4.78, 5) is 13.4. The molecule has 1 N–H and O–H groups in total. The number of ketones is 1. The molecule has 1 saturated carbocycles. The summed E-state index contributed by atoms with van der Waals surface area (Å²) in [6.07, 6.45) is 10.7. The van der Waals surface area contributed by atoms with E-state index in [4.69, 9.17) is 4.74 Å². The molecule has 1 aromatic rings. The number of likely N-dealkylation sites (N-methyl/N-ethyl adjacent to an activating group) is 1. The van der Waals surface area contributed by atoms with Gasteiger partial charge in [0.15, 0.2) is 5.76 Å². The fourth-order valence-electron chi connectivity index (χ4n) is 4.61. The summed E-state index contributed by atoms with van der Waals surface area (Å²) in [6, 6.07) is 9.22. The van der Waals surface area contributed by atoms with Gasteiger partial charge in [-0.3, -0.25) is 4.79 Å². The average molecular weight is 487 g/mol. The fourth-order valence-corrected chi connectivity index (χ4v) is 6.17. The van der Waals surface area contributed by atoms with Gasteiger partial charge in [-0.15, -0.1) is 0 Å². The highest BCUT2D eigenvalue weighted by atomic mass is 32.2. The molecule has 0 aliphatic heterocycles. The summed E-state index contributed by atoms with van der Waals surface area (Å²) in [5, 5.41) is 3.32. The summed E-state index contributed by atoms with van der Waals surface area (Å²) in [5.74, 6) is 0.148. The summed E-state index contributed by atoms with van der Waals surface area (Å²) >= 11 is 0. The molecule has 0 aromatic heterocycles. The van der Waals surface area contributed by atoms with Crippen LogP contribution in [0.2, 0.25) is 0 Å². The van der Waals surface area contributed by atoms with Crippen molar-refractivity contribution >= 4 is 15.8 Å². The Balaban J connectivity index is 1.75. The first-order valence-electron chi connectivity index (χ1n) is 12.4. The number of nitrogens with zero attached hydrogens (tertiary/aromatic N) is 1. The van der Waals surface area contributed by atoms with Crippen LogP contribution in [0.25, 0.3) is 0 Å². The molecular weight excluding hydrogens is 448 g/mol. The minimum Gasteiger partial charge on any atom is -0.485 e. The molecule has 6 nitrogen and oxygen atoms in total. The Bertz CT molecular complexity index is 1020. The van der Waals surface area contributed by atoms with Crippen LogP contribution < -0.4 is 5.32 Å². The van der Waals surface area contributed by atoms with Gasteiger partial charge in [0.25, 0.3) is 0 Å². The number of allylic oxidation sites excluding steroid dienone is 5. The van der Waals surface area contributed by atoms with Crippen molar-refractivity contribution in [1.82, 2.24) is 9.62 Å². The van der Waals surface area contributed by atoms with Crippen molar-refractivity contribution in [2.75, 3.05) is 19.6 Å². The zero-order valence-electron chi connectivity index (χ0n) is 20.6. The third-order valence-corrected chi connectivity index (χ3v) is 8.49. The minimum atomic E-state index is -3.45. The summed E-state index contributed by atoms with van der Waals surface area (Å²) in [5.41, 5.74) is 2.43. The van der Waals surface area contributed by atoms with Crippen LogP contribution >= 0.6 is 0 Å². The van der Waals surface area contributed by atoms with Gasteiger partial charge in [0.05, 0.1) is 17.6 Å². The van der Waals surface area contributed by atoms with Crippen molar-refractivity contribution in [3.63, 3.8) is 0 Å². The molecule has 34 heavy (non-hydrogen) atoms. The lowest BCUT2D eigenvalue weighted by molar-refractivity contribution is -0.122. The Morgan fingerprint density at radius 2 is 1.82 bits per heavy atom. The van der Waals surface area contributed by atoms with Crippen molar-refractivity contribution in [2.24, 2.45) is 5.92 Å². The Labute approximate surface area is 204 Å². The molecule has 0 bridgehead atoms. The summed E-state index contributed by atoms with van der Waals surface area (Å²) in [6.45, 7) is 6.91. The quantitative estimate of drug-likeness (QED) is 0.490. The van der Waals surface area contributed by atoms with Gasteiger partial charge in [-0.1, -0.05) is 61.9 Å². The summed E-state index contributed by atoms with van der Waals surface area (Å²) in [7, 11) is -3.45. The van der Waals surface area contributed by atoms with E-state index in [2.05, 4.69) is 5.32 Å². The lowest BCUT2D eigenvalue weighted by Crippen LogP contribution is -2.38. The molecule has 1 fully saturated rings. The second-order valence-corrected chi connectivity index (χ2v) is 11.0. The normalized spacial score (nSPS) is 24.4. The number of hydrogen-bond acceptors (Lipinski definition) is 5. The first-order chi connectivity index (χ1) is 16.4. The molecule has 0 amide bonds. The molecular formula is C27H38N2O4S. The zero-order chi connectivity index (χ0) is 24.6. The number of ether oxygens (including phenoxy) is 1. The SMILES string of the molecule is CCC1C(=O)\C(OC2CCCC2)=C(NCCN(CC)S(=O)(=O)Cc2ccccc2)/C=C/C=C/1C. The third kappa shape index (κ3) is 6.83. The van der Waals surface area contributed by atoms with Crippen LogP contribution in [0, 0.1) is 5.92 Å². The smallest absolute Gasteiger partial charge is 0.218 e. The topological polar surface area (TPSA) is 75.7 Å². The van der Waals surface area contributed by atoms with Gasteiger partial charge in [0.1, 0.15) is 0 Å². The molecule has 0 saturated heterocycles. The Morgan fingerprint density at radius 3 is 2.47 bits per heavy atom. The van der Waals surface area contributed by atoms with E-state index in [0.717, 1.165) is 36.8 Å². The molecule has 0 heterocycles. The highest BCUT2D eigenvalue weighted by molar-refractivity contribution is 7.88. The van der Waals surface area contributed by atoms with Crippen molar-refractivity contribution < 1.29 is 17.9 Å². The van der Waals surface area contributed by atoms with E-state index in [0.29, 0.717) is 37.5 Å². The van der Waals surface area contributed by atoms with Gasteiger partial charge in [-0.25, -0.2) is 12.7 Å². The van der Waals surface area contributed by atoms with Gasteiger partial charge in [-0.05, 0) is 50.7 Å². The molecule has 1 aromatic carbocycles. The predicted octanol–water partition coefficient (Wildman–Crippen LogP) is 4.71. The van der Waals surface area contributed by atoms with E-state index in [9.17, 15) is 13.2 Å². The molecule has 2 aliphatic carbocycles. The highest BCUT2D eigenvalue weighted by Crippen LogP contribution is 2.29. The monoisotopic (exact) mass is 486 g/mol. The molecule has 7 heteroatoms. The predicted molar refractivity (Wildman–Crippen MR) is 136 cm³/mol. The van der Waals surface area contributed by atoms with Gasteiger partial charge in [-0.2, -0.15) is 0 Å². The highest BCUT2D eigenvalue weighted by Gasteiger charge is 2.30. The second kappa shape index (κ2) is 12.4. The van der Waals surface area contributed by atoms with Crippen molar-refractivity contribution in [3.05, 3.63) is 71.2 Å². The second-order valence-electron chi connectivity index (χ2n) is 9.02. The van der Waals surface area contributed by atoms with Gasteiger partial charge >= 0.3 is 0 Å². The van der Waals surface area contributed by atoms with Crippen molar-refractivity contribution in [1.29, 1.82) is 0 Å². The van der Waals surface area contributed by atoms with E-state index in [1.807, 2.05) is 69.3 Å². The number of carbonyl (C=O) groups excluding carboxylic acids is 1. The third-order valence-electron chi connectivity index (χ3n) is 6.57. The van der Waals surface area contributed by atoms with Crippen molar-refractivity contribution in [2.45, 2.75) is 64.7 Å². The largest absolute Gasteiger partial charge is 0.485 e. The van der Waals surface area contributed by atoms with Gasteiger partial charge in [0, 0.05) is 25.6 Å². The molecule has 186 valence electrons. The van der Waals surface area contributed by atoms with Crippen LogP contribution in [0.5, 0.6) is 0 Å². The average Bonchev–Trinajstić information content (AvgIpc) is 3.32. The fraction of sp³-hybridized carbons (Fsp3) is 0.519. The number of hydrogen-bond donors (Lipinski definition) is 1. The summed E-state index contributed by atoms with van der Waals surface area (Å²) < 4.78 is 33.7. The number of rotatable bonds is 11. The van der Waals surface area contributed by atoms with Crippen LogP contribution in [0.3, 0.4) is 0 Å². The number of nitrogens with one attached hydrogen (secondary N) is 1. The molecule has 0 radical (unpaired) electrons. The first kappa shape index (κ1) is 26.2. The van der Waals surface area contributed by atoms with E-state index in [1.54, 1.807) is 0 Å². The van der Waals surface area contributed by atoms with Gasteiger partial charge < -0.3 is 10.1 Å². The van der Waals surface area contributed by atoms with Crippen LogP contribution in [-0.4, -0.2) is 44.2 Å². The lowest BCUT2D eigenvalue weighted by atomic mass is 9.89. The van der Waals surface area contributed by atoms with E-state index in [-0.39, 0.29) is 23.6 Å². The standard InChI is InChI=1S/C27H38N2O4S/c1-4-24-21(3)12-11-17-25(27(26(24)30)33-23-15-9-10-16-23)28-18-19-29(5-2)34(31,32)20-22-13-7-6-8-14-22/h6-8,11-14,17,23-24,28H,4-5,9-10,15-16,18-20H2,1-3H3/b17-11+,21-12+,27-25-.